The lowest BCUT2D eigenvalue weighted by Crippen LogP contribution is -2.42. The molecule has 0 spiro atoms. The van der Waals surface area contributed by atoms with Crippen molar-refractivity contribution in [3.05, 3.63) is 83.5 Å². The highest BCUT2D eigenvalue weighted by Crippen LogP contribution is 2.49. The van der Waals surface area contributed by atoms with E-state index in [1.54, 1.807) is 26.5 Å². The summed E-state index contributed by atoms with van der Waals surface area (Å²) < 4.78 is 16.6. The topological polar surface area (TPSA) is 93.0 Å². The molecule has 2 N–H and O–H groups in total. The lowest BCUT2D eigenvalue weighted by Gasteiger charge is -2.38. The molecule has 1 aliphatic heterocycles. The van der Waals surface area contributed by atoms with Crippen molar-refractivity contribution in [2.45, 2.75) is 39.3 Å². The number of anilines is 2. The monoisotopic (exact) mass is 515 g/mol. The normalized spacial score (nSPS) is 18.2. The number of amides is 1. The largest absolute Gasteiger partial charge is 0.497 e. The molecular weight excluding hydrogens is 482 g/mol. The summed E-state index contributed by atoms with van der Waals surface area (Å²) in [7, 11) is 3.20. The number of fused-ring (bicyclic) bond motifs is 1. The third kappa shape index (κ3) is 4.98. The average Bonchev–Trinajstić information content (AvgIpc) is 3.37. The molecular formula is C30H33N3O5. The summed E-state index contributed by atoms with van der Waals surface area (Å²) in [5.41, 5.74) is 3.79. The fourth-order valence-electron chi connectivity index (χ4n) is 5.40. The van der Waals surface area contributed by atoms with E-state index in [2.05, 4.69) is 24.5 Å². The van der Waals surface area contributed by atoms with Gasteiger partial charge < -0.3 is 29.4 Å². The quantitative estimate of drug-likeness (QED) is 0.445. The van der Waals surface area contributed by atoms with Crippen LogP contribution in [0.1, 0.15) is 44.1 Å². The van der Waals surface area contributed by atoms with Crippen molar-refractivity contribution in [1.82, 2.24) is 5.32 Å². The summed E-state index contributed by atoms with van der Waals surface area (Å²) >= 11 is 0. The van der Waals surface area contributed by atoms with Gasteiger partial charge in [0.05, 0.1) is 51.0 Å². The fourth-order valence-corrected chi connectivity index (χ4v) is 5.40. The van der Waals surface area contributed by atoms with E-state index in [-0.39, 0.29) is 30.2 Å². The number of nitrogens with one attached hydrogen (secondary N) is 2. The first-order valence-corrected chi connectivity index (χ1v) is 12.7. The number of ketones is 1. The molecule has 0 bridgehead atoms. The van der Waals surface area contributed by atoms with Crippen LogP contribution in [0.4, 0.5) is 11.4 Å². The molecule has 8 nitrogen and oxygen atoms in total. The van der Waals surface area contributed by atoms with Crippen LogP contribution >= 0.6 is 0 Å². The minimum absolute atomic E-state index is 0.0205. The molecule has 0 radical (unpaired) electrons. The highest BCUT2D eigenvalue weighted by Gasteiger charge is 2.42. The van der Waals surface area contributed by atoms with Crippen LogP contribution in [-0.2, 0) is 16.1 Å². The van der Waals surface area contributed by atoms with Gasteiger partial charge in [-0.2, -0.15) is 0 Å². The molecule has 1 amide bonds. The van der Waals surface area contributed by atoms with Crippen molar-refractivity contribution >= 4 is 23.1 Å². The highest BCUT2D eigenvalue weighted by atomic mass is 16.5. The van der Waals surface area contributed by atoms with Gasteiger partial charge in [-0.05, 0) is 48.2 Å². The van der Waals surface area contributed by atoms with Crippen molar-refractivity contribution in [3.8, 4) is 11.5 Å². The average molecular weight is 516 g/mol. The minimum Gasteiger partial charge on any atom is -0.497 e. The van der Waals surface area contributed by atoms with Crippen LogP contribution in [0.2, 0.25) is 0 Å². The maximum atomic E-state index is 13.9. The van der Waals surface area contributed by atoms with Crippen LogP contribution in [-0.4, -0.2) is 32.5 Å². The van der Waals surface area contributed by atoms with Crippen molar-refractivity contribution < 1.29 is 23.5 Å². The Hall–Kier alpha value is -4.20. The zero-order valence-corrected chi connectivity index (χ0v) is 22.2. The molecule has 5 rings (SSSR count). The van der Waals surface area contributed by atoms with Crippen LogP contribution in [0.15, 0.2) is 76.5 Å². The molecule has 0 saturated carbocycles. The summed E-state index contributed by atoms with van der Waals surface area (Å²) in [6.07, 6.45) is 2.70. The lowest BCUT2D eigenvalue weighted by atomic mass is 9.73. The zero-order chi connectivity index (χ0) is 26.9. The van der Waals surface area contributed by atoms with E-state index in [0.29, 0.717) is 35.7 Å². The van der Waals surface area contributed by atoms with E-state index in [1.165, 1.54) is 0 Å². The summed E-state index contributed by atoms with van der Waals surface area (Å²) in [5, 5.41) is 6.52. The van der Waals surface area contributed by atoms with E-state index in [1.807, 2.05) is 53.4 Å². The first-order chi connectivity index (χ1) is 18.3. The summed E-state index contributed by atoms with van der Waals surface area (Å²) in [6.45, 7) is 4.51. The molecule has 2 aliphatic rings. The summed E-state index contributed by atoms with van der Waals surface area (Å²) in [4.78, 5) is 29.2. The zero-order valence-electron chi connectivity index (χ0n) is 22.2. The number of furan rings is 1. The third-order valence-corrected chi connectivity index (χ3v) is 7.09. The van der Waals surface area contributed by atoms with Crippen molar-refractivity contribution in [2.24, 2.45) is 5.41 Å². The predicted octanol–water partition coefficient (Wildman–Crippen LogP) is 5.23. The number of para-hydroxylation sites is 2. The molecule has 0 saturated heterocycles. The van der Waals surface area contributed by atoms with Crippen molar-refractivity contribution in [1.29, 1.82) is 0 Å². The second-order valence-corrected chi connectivity index (χ2v) is 10.5. The molecule has 3 aromatic rings. The SMILES string of the molecule is COc1ccc(C2C3=C(CC(C)(C)CC3=O)Nc3ccccc3N2CC(=O)NCc2ccco2)c(OC)c1. The second kappa shape index (κ2) is 10.3. The summed E-state index contributed by atoms with van der Waals surface area (Å²) in [5.74, 6) is 1.76. The molecule has 8 heteroatoms. The Morgan fingerprint density at radius 1 is 1.11 bits per heavy atom. The smallest absolute Gasteiger partial charge is 0.239 e. The number of hydrogen-bond acceptors (Lipinski definition) is 7. The first-order valence-electron chi connectivity index (χ1n) is 12.7. The first kappa shape index (κ1) is 25.4. The molecule has 38 heavy (non-hydrogen) atoms. The van der Waals surface area contributed by atoms with Crippen molar-refractivity contribution in [2.75, 3.05) is 31.0 Å². The number of Topliss-reactive ketones (excluding diaryl/α,β-unsaturated/α-hetero) is 1. The number of ether oxygens (including phenoxy) is 2. The van der Waals surface area contributed by atoms with E-state index in [4.69, 9.17) is 13.9 Å². The van der Waals surface area contributed by atoms with Gasteiger partial charge in [-0.3, -0.25) is 9.59 Å². The molecule has 2 heterocycles. The Balaban J connectivity index is 1.65. The van der Waals surface area contributed by atoms with Gasteiger partial charge in [0.25, 0.3) is 0 Å². The number of carbonyl (C=O) groups excluding carboxylic acids is 2. The van der Waals surface area contributed by atoms with Crippen LogP contribution in [0.25, 0.3) is 0 Å². The van der Waals surface area contributed by atoms with Gasteiger partial charge in [-0.25, -0.2) is 0 Å². The van der Waals surface area contributed by atoms with E-state index in [0.717, 1.165) is 22.6 Å². The fraction of sp³-hybridized carbons (Fsp3) is 0.333. The number of carbonyl (C=O) groups is 2. The summed E-state index contributed by atoms with van der Waals surface area (Å²) in [6, 6.07) is 16.5. The Bertz CT molecular complexity index is 1380. The van der Waals surface area contributed by atoms with Crippen LogP contribution < -0.4 is 25.0 Å². The molecule has 2 aromatic carbocycles. The molecule has 1 aromatic heterocycles. The maximum absolute atomic E-state index is 13.9. The number of hydrogen-bond donors (Lipinski definition) is 2. The molecule has 1 unspecified atom stereocenters. The standard InChI is InChI=1S/C30H33N3O5/c1-30(2)15-23-28(25(34)16-30)29(21-12-11-19(36-3)14-26(21)37-4)33(24-10-6-5-9-22(24)32-23)18-27(35)31-17-20-8-7-13-38-20/h5-14,29,32H,15-18H2,1-4H3,(H,31,35). The van der Waals surface area contributed by atoms with Crippen LogP contribution in [0.5, 0.6) is 11.5 Å². The maximum Gasteiger partial charge on any atom is 0.239 e. The predicted molar refractivity (Wildman–Crippen MR) is 145 cm³/mol. The van der Waals surface area contributed by atoms with Gasteiger partial charge in [0.15, 0.2) is 5.78 Å². The van der Waals surface area contributed by atoms with E-state index in [9.17, 15) is 9.59 Å². The number of methoxy groups -OCH3 is 2. The van der Waals surface area contributed by atoms with Gasteiger partial charge in [0, 0.05) is 29.3 Å². The third-order valence-electron chi connectivity index (χ3n) is 7.09. The second-order valence-electron chi connectivity index (χ2n) is 10.5. The molecule has 198 valence electrons. The van der Waals surface area contributed by atoms with Gasteiger partial charge >= 0.3 is 0 Å². The van der Waals surface area contributed by atoms with Crippen molar-refractivity contribution in [3.63, 3.8) is 0 Å². The Labute approximate surface area is 222 Å². The van der Waals surface area contributed by atoms with Gasteiger partial charge in [-0.15, -0.1) is 0 Å². The van der Waals surface area contributed by atoms with Crippen LogP contribution in [0.3, 0.4) is 0 Å². The number of allylic oxidation sites excluding steroid dienone is 1. The molecule has 1 atom stereocenters. The Kier molecular flexibility index (Phi) is 6.89. The number of nitrogens with zero attached hydrogens (tertiary/aromatic N) is 1. The Morgan fingerprint density at radius 2 is 1.92 bits per heavy atom. The lowest BCUT2D eigenvalue weighted by molar-refractivity contribution is -0.121. The minimum atomic E-state index is -0.556. The molecule has 1 aliphatic carbocycles. The number of rotatable bonds is 7. The van der Waals surface area contributed by atoms with Crippen LogP contribution in [0, 0.1) is 5.41 Å². The van der Waals surface area contributed by atoms with Gasteiger partial charge in [0.1, 0.15) is 17.3 Å². The van der Waals surface area contributed by atoms with E-state index >= 15 is 0 Å². The number of benzene rings is 2. The molecule has 0 fully saturated rings. The highest BCUT2D eigenvalue weighted by molar-refractivity contribution is 6.02. The van der Waals surface area contributed by atoms with Gasteiger partial charge in [-0.1, -0.05) is 26.0 Å². The van der Waals surface area contributed by atoms with Gasteiger partial charge in [0.2, 0.25) is 5.91 Å². The Morgan fingerprint density at radius 3 is 2.66 bits per heavy atom. The van der Waals surface area contributed by atoms with E-state index < -0.39 is 6.04 Å².